The molecule has 0 saturated carbocycles. The molecule has 0 bridgehead atoms. The predicted octanol–water partition coefficient (Wildman–Crippen LogP) is 23.0. The van der Waals surface area contributed by atoms with Gasteiger partial charge in [0.25, 0.3) is 0 Å². The molecule has 0 fully saturated rings. The molecule has 0 heterocycles. The zero-order valence-corrected chi connectivity index (χ0v) is 52.9. The first kappa shape index (κ1) is 77.2. The van der Waals surface area contributed by atoms with Crippen LogP contribution in [0.3, 0.4) is 0 Å². The minimum absolute atomic E-state index is 0.113. The smallest absolute Gasteiger partial charge is 0.306 e. The fraction of sp³-hybridized carbons (Fsp3) is 0.545. The number of rotatable bonds is 57. The van der Waals surface area contributed by atoms with Crippen LogP contribution in [0.5, 0.6) is 0 Å². The van der Waals surface area contributed by atoms with E-state index in [1.807, 2.05) is 0 Å². The maximum absolute atomic E-state index is 12.9. The van der Waals surface area contributed by atoms with Crippen LogP contribution in [0, 0.1) is 0 Å². The van der Waals surface area contributed by atoms with Crippen molar-refractivity contribution in [2.24, 2.45) is 0 Å². The lowest BCUT2D eigenvalue weighted by atomic mass is 10.1. The molecule has 0 aromatic rings. The van der Waals surface area contributed by atoms with Gasteiger partial charge in [-0.2, -0.15) is 0 Å². The third kappa shape index (κ3) is 66.9. The normalized spacial score (nSPS) is 13.4. The van der Waals surface area contributed by atoms with Gasteiger partial charge in [0.05, 0.1) is 0 Å². The topological polar surface area (TPSA) is 78.9 Å². The standard InChI is InChI=1S/C77H118O6/c1-4-7-10-13-16-19-22-25-27-29-30-31-32-33-34-35-36-37-38-39-40-41-42-43-44-45-46-48-49-52-55-58-61-64-67-70-76(79)82-73-74(72-81-75(78)69-66-63-60-57-54-51-24-21-18-15-12-9-6-3)83-77(80)71-68-65-62-59-56-53-50-47-28-26-23-20-17-14-11-8-5-2/h7-8,10-12,15-17,19-21,24-28,30-31,33-34,36-37,39-40,42-43,45-46,49-50,52-53,74H,4-6,9,13-14,18,22-23,29,32,35,38,41,44,47-48,51,54-73H2,1-3H3/b10-7-,11-8-,15-12-,19-16-,20-17-,24-21-,27-25-,28-26-,31-30-,34-33-,37-36-,40-39-,43-42-,46-45-,52-49-,53-50-. The zero-order chi connectivity index (χ0) is 59.9. The van der Waals surface area contributed by atoms with Crippen LogP contribution in [0.4, 0.5) is 0 Å². The molecule has 0 aromatic carbocycles. The van der Waals surface area contributed by atoms with Gasteiger partial charge in [0, 0.05) is 19.3 Å². The Labute approximate surface area is 509 Å². The van der Waals surface area contributed by atoms with E-state index in [4.69, 9.17) is 14.2 Å². The van der Waals surface area contributed by atoms with E-state index in [9.17, 15) is 14.4 Å². The number of ether oxygens (including phenoxy) is 3. The average Bonchev–Trinajstić information content (AvgIpc) is 3.49. The fourth-order valence-electron chi connectivity index (χ4n) is 8.20. The van der Waals surface area contributed by atoms with Crippen LogP contribution >= 0.6 is 0 Å². The molecule has 1 unspecified atom stereocenters. The second-order valence-corrected chi connectivity index (χ2v) is 20.9. The molecule has 6 nitrogen and oxygen atoms in total. The van der Waals surface area contributed by atoms with Crippen molar-refractivity contribution in [3.8, 4) is 0 Å². The van der Waals surface area contributed by atoms with Gasteiger partial charge in [-0.05, 0) is 161 Å². The molecule has 0 aromatic heterocycles. The van der Waals surface area contributed by atoms with E-state index in [-0.39, 0.29) is 37.5 Å². The van der Waals surface area contributed by atoms with Crippen molar-refractivity contribution in [1.82, 2.24) is 0 Å². The molecule has 0 radical (unpaired) electrons. The minimum Gasteiger partial charge on any atom is -0.462 e. The second kappa shape index (κ2) is 68.7. The third-order valence-corrected chi connectivity index (χ3v) is 13.0. The summed E-state index contributed by atoms with van der Waals surface area (Å²) >= 11 is 0. The van der Waals surface area contributed by atoms with Crippen molar-refractivity contribution in [3.05, 3.63) is 194 Å². The lowest BCUT2D eigenvalue weighted by Crippen LogP contribution is -2.30. The Morgan fingerprint density at radius 1 is 0.253 bits per heavy atom. The number of carbonyl (C=O) groups is 3. The van der Waals surface area contributed by atoms with E-state index in [2.05, 4.69) is 215 Å². The van der Waals surface area contributed by atoms with Gasteiger partial charge in [0.15, 0.2) is 6.10 Å². The first-order chi connectivity index (χ1) is 41.0. The largest absolute Gasteiger partial charge is 0.462 e. The Morgan fingerprint density at radius 2 is 0.470 bits per heavy atom. The SMILES string of the molecule is CC/C=C\C/C=C\C/C=C\C/C=C\C/C=C\C/C=C\C/C=C\C/C=C\C/C=C\C/C=C\CCCCCCC(=O)OCC(COC(=O)CCCCCCC/C=C\C/C=C\CCC)OC(=O)CCCCCC/C=C\C/C=C\C/C=C\C/C=C\CC. The third-order valence-electron chi connectivity index (χ3n) is 13.0. The summed E-state index contributed by atoms with van der Waals surface area (Å²) in [5.74, 6) is -0.985. The van der Waals surface area contributed by atoms with E-state index in [0.29, 0.717) is 12.8 Å². The average molecular weight is 1140 g/mol. The van der Waals surface area contributed by atoms with Gasteiger partial charge in [0.1, 0.15) is 13.2 Å². The zero-order valence-electron chi connectivity index (χ0n) is 52.9. The number of carbonyl (C=O) groups excluding carboxylic acids is 3. The number of hydrogen-bond donors (Lipinski definition) is 0. The van der Waals surface area contributed by atoms with E-state index >= 15 is 0 Å². The number of esters is 3. The van der Waals surface area contributed by atoms with E-state index < -0.39 is 6.10 Å². The summed E-state index contributed by atoms with van der Waals surface area (Å²) in [6, 6.07) is 0. The summed E-state index contributed by atoms with van der Waals surface area (Å²) in [7, 11) is 0. The molecule has 462 valence electrons. The van der Waals surface area contributed by atoms with Crippen LogP contribution in [0.25, 0.3) is 0 Å². The Hall–Kier alpha value is -5.75. The molecule has 0 saturated heterocycles. The molecule has 0 aliphatic rings. The van der Waals surface area contributed by atoms with Gasteiger partial charge in [-0.15, -0.1) is 0 Å². The highest BCUT2D eigenvalue weighted by Gasteiger charge is 2.19. The predicted molar refractivity (Wildman–Crippen MR) is 361 cm³/mol. The van der Waals surface area contributed by atoms with Crippen molar-refractivity contribution in [1.29, 1.82) is 0 Å². The summed E-state index contributed by atoms with van der Waals surface area (Å²) in [5, 5.41) is 0. The van der Waals surface area contributed by atoms with E-state index in [0.717, 1.165) is 205 Å². The molecular weight excluding hydrogens is 1020 g/mol. The second-order valence-electron chi connectivity index (χ2n) is 20.9. The lowest BCUT2D eigenvalue weighted by Gasteiger charge is -2.18. The first-order valence-electron chi connectivity index (χ1n) is 32.9. The summed E-state index contributed by atoms with van der Waals surface area (Å²) in [4.78, 5) is 38.3. The van der Waals surface area contributed by atoms with Gasteiger partial charge in [-0.1, -0.05) is 267 Å². The Balaban J connectivity index is 4.39. The van der Waals surface area contributed by atoms with Crippen LogP contribution in [0.15, 0.2) is 194 Å². The summed E-state index contributed by atoms with van der Waals surface area (Å²) in [6.45, 7) is 6.28. The van der Waals surface area contributed by atoms with Crippen LogP contribution in [-0.2, 0) is 28.6 Å². The highest BCUT2D eigenvalue weighted by atomic mass is 16.6. The Kier molecular flexibility index (Phi) is 64.0. The molecule has 0 aliphatic carbocycles. The first-order valence-corrected chi connectivity index (χ1v) is 32.9. The van der Waals surface area contributed by atoms with Gasteiger partial charge in [-0.25, -0.2) is 0 Å². The lowest BCUT2D eigenvalue weighted by molar-refractivity contribution is -0.167. The Morgan fingerprint density at radius 3 is 0.735 bits per heavy atom. The molecule has 0 aliphatic heterocycles. The van der Waals surface area contributed by atoms with Crippen molar-refractivity contribution >= 4 is 17.9 Å². The molecular formula is C77H118O6. The van der Waals surface area contributed by atoms with Crippen molar-refractivity contribution in [2.45, 2.75) is 258 Å². The monoisotopic (exact) mass is 1140 g/mol. The molecule has 83 heavy (non-hydrogen) atoms. The van der Waals surface area contributed by atoms with Crippen LogP contribution in [0.2, 0.25) is 0 Å². The molecule has 0 amide bonds. The van der Waals surface area contributed by atoms with Crippen LogP contribution in [-0.4, -0.2) is 37.2 Å². The van der Waals surface area contributed by atoms with Gasteiger partial charge >= 0.3 is 17.9 Å². The van der Waals surface area contributed by atoms with Crippen molar-refractivity contribution in [2.75, 3.05) is 13.2 Å². The quantitative estimate of drug-likeness (QED) is 0.0261. The van der Waals surface area contributed by atoms with Crippen LogP contribution in [0.1, 0.15) is 252 Å². The fourth-order valence-corrected chi connectivity index (χ4v) is 8.20. The number of unbranched alkanes of at least 4 members (excludes halogenated alkanes) is 14. The summed E-state index contributed by atoms with van der Waals surface area (Å²) in [5.41, 5.74) is 0. The minimum atomic E-state index is -0.820. The Bertz CT molecular complexity index is 1990. The van der Waals surface area contributed by atoms with E-state index in [1.54, 1.807) is 0 Å². The maximum atomic E-state index is 12.9. The van der Waals surface area contributed by atoms with Gasteiger partial charge < -0.3 is 14.2 Å². The summed E-state index contributed by atoms with van der Waals surface area (Å²) < 4.78 is 16.8. The highest BCUT2D eigenvalue weighted by molar-refractivity contribution is 5.71. The van der Waals surface area contributed by atoms with Crippen LogP contribution < -0.4 is 0 Å². The maximum Gasteiger partial charge on any atom is 0.306 e. The molecule has 0 spiro atoms. The molecule has 1 atom stereocenters. The molecule has 0 rings (SSSR count). The molecule has 6 heteroatoms. The molecule has 0 N–H and O–H groups in total. The number of hydrogen-bond acceptors (Lipinski definition) is 6. The number of allylic oxidation sites excluding steroid dienone is 32. The van der Waals surface area contributed by atoms with E-state index in [1.165, 1.54) is 6.42 Å². The highest BCUT2D eigenvalue weighted by Crippen LogP contribution is 2.13. The van der Waals surface area contributed by atoms with Crippen molar-refractivity contribution in [3.63, 3.8) is 0 Å². The van der Waals surface area contributed by atoms with Crippen molar-refractivity contribution < 1.29 is 28.6 Å². The van der Waals surface area contributed by atoms with Gasteiger partial charge in [0.2, 0.25) is 0 Å². The summed E-state index contributed by atoms with van der Waals surface area (Å²) in [6.07, 6.45) is 104. The van der Waals surface area contributed by atoms with Gasteiger partial charge in [-0.3, -0.25) is 14.4 Å².